The zero-order valence-corrected chi connectivity index (χ0v) is 14.3. The van der Waals surface area contributed by atoms with Gasteiger partial charge < -0.3 is 9.88 Å². The lowest BCUT2D eigenvalue weighted by molar-refractivity contribution is 0.462. The molecule has 116 valence electrons. The first kappa shape index (κ1) is 16.2. The van der Waals surface area contributed by atoms with Crippen LogP contribution in [-0.4, -0.2) is 36.4 Å². The van der Waals surface area contributed by atoms with Crippen LogP contribution in [0.3, 0.4) is 0 Å². The SMILES string of the molecule is CNCc1cc(S(=O)(=O)N(C)Cc2csc(C)n2)cn1C. The Balaban J connectivity index is 2.22. The Morgan fingerprint density at radius 2 is 2.19 bits per heavy atom. The summed E-state index contributed by atoms with van der Waals surface area (Å²) in [6.45, 7) is 2.81. The van der Waals surface area contributed by atoms with E-state index in [1.54, 1.807) is 19.3 Å². The Morgan fingerprint density at radius 3 is 2.76 bits per heavy atom. The molecule has 6 nitrogen and oxygen atoms in total. The molecular formula is C13H20N4O2S2. The summed E-state index contributed by atoms with van der Waals surface area (Å²) in [6, 6.07) is 1.70. The van der Waals surface area contributed by atoms with Crippen LogP contribution < -0.4 is 5.32 Å². The van der Waals surface area contributed by atoms with E-state index in [1.165, 1.54) is 15.6 Å². The normalized spacial score (nSPS) is 12.2. The highest BCUT2D eigenvalue weighted by Gasteiger charge is 2.23. The van der Waals surface area contributed by atoms with Crippen LogP contribution in [0, 0.1) is 6.92 Å². The number of nitrogens with one attached hydrogen (secondary N) is 1. The van der Waals surface area contributed by atoms with Gasteiger partial charge in [-0.1, -0.05) is 0 Å². The van der Waals surface area contributed by atoms with Gasteiger partial charge in [-0.3, -0.25) is 0 Å². The first-order chi connectivity index (χ1) is 9.84. The predicted molar refractivity (Wildman–Crippen MR) is 83.7 cm³/mol. The summed E-state index contributed by atoms with van der Waals surface area (Å²) >= 11 is 1.52. The molecule has 0 bridgehead atoms. The molecule has 21 heavy (non-hydrogen) atoms. The van der Waals surface area contributed by atoms with E-state index in [0.29, 0.717) is 11.4 Å². The number of hydrogen-bond acceptors (Lipinski definition) is 5. The predicted octanol–water partition coefficient (Wildman–Crippen LogP) is 1.33. The Kier molecular flexibility index (Phi) is 4.82. The highest BCUT2D eigenvalue weighted by molar-refractivity contribution is 7.89. The second-order valence-corrected chi connectivity index (χ2v) is 8.03. The van der Waals surface area contributed by atoms with Crippen molar-refractivity contribution >= 4 is 21.4 Å². The highest BCUT2D eigenvalue weighted by atomic mass is 32.2. The van der Waals surface area contributed by atoms with Crippen molar-refractivity contribution < 1.29 is 8.42 Å². The van der Waals surface area contributed by atoms with Gasteiger partial charge in [-0.15, -0.1) is 11.3 Å². The van der Waals surface area contributed by atoms with Crippen LogP contribution in [0.1, 0.15) is 16.4 Å². The van der Waals surface area contributed by atoms with Crippen LogP contribution in [0.15, 0.2) is 22.5 Å². The molecule has 0 aliphatic rings. The molecule has 2 aromatic heterocycles. The fraction of sp³-hybridized carbons (Fsp3) is 0.462. The molecule has 0 saturated heterocycles. The second-order valence-electron chi connectivity index (χ2n) is 4.93. The van der Waals surface area contributed by atoms with Crippen molar-refractivity contribution in [1.29, 1.82) is 0 Å². The molecule has 0 amide bonds. The number of aromatic nitrogens is 2. The summed E-state index contributed by atoms with van der Waals surface area (Å²) in [5, 5.41) is 5.85. The van der Waals surface area contributed by atoms with Crippen LogP contribution in [0.25, 0.3) is 0 Å². The Bertz CT molecular complexity index is 718. The van der Waals surface area contributed by atoms with E-state index in [9.17, 15) is 8.42 Å². The topological polar surface area (TPSA) is 67.2 Å². The van der Waals surface area contributed by atoms with Crippen LogP contribution in [-0.2, 0) is 30.2 Å². The molecule has 2 heterocycles. The lowest BCUT2D eigenvalue weighted by atomic mass is 10.4. The highest BCUT2D eigenvalue weighted by Crippen LogP contribution is 2.20. The maximum atomic E-state index is 12.6. The Labute approximate surface area is 129 Å². The molecule has 0 aromatic carbocycles. The van der Waals surface area contributed by atoms with Gasteiger partial charge in [-0.25, -0.2) is 13.4 Å². The molecular weight excluding hydrogens is 308 g/mol. The summed E-state index contributed by atoms with van der Waals surface area (Å²) in [4.78, 5) is 4.62. The standard InChI is InChI=1S/C13H20N4O2S2/c1-10-15-11(9-20-10)7-17(4)21(18,19)13-5-12(6-14-2)16(3)8-13/h5,8-9,14H,6-7H2,1-4H3. The summed E-state index contributed by atoms with van der Waals surface area (Å²) < 4.78 is 28.3. The molecule has 0 spiro atoms. The molecule has 0 unspecified atom stereocenters. The fourth-order valence-electron chi connectivity index (χ4n) is 2.05. The first-order valence-electron chi connectivity index (χ1n) is 6.51. The van der Waals surface area contributed by atoms with Crippen LogP contribution in [0.4, 0.5) is 0 Å². The minimum absolute atomic E-state index is 0.281. The maximum absolute atomic E-state index is 12.6. The molecule has 2 aromatic rings. The Morgan fingerprint density at radius 1 is 1.48 bits per heavy atom. The van der Waals surface area contributed by atoms with Gasteiger partial charge >= 0.3 is 0 Å². The molecule has 0 saturated carbocycles. The molecule has 0 radical (unpaired) electrons. The number of sulfonamides is 1. The molecule has 2 rings (SSSR count). The van der Waals surface area contributed by atoms with Gasteiger partial charge in [0, 0.05) is 37.9 Å². The van der Waals surface area contributed by atoms with Crippen molar-refractivity contribution in [1.82, 2.24) is 19.2 Å². The molecule has 1 N–H and O–H groups in total. The fourth-order valence-corrected chi connectivity index (χ4v) is 3.89. The number of hydrogen-bond donors (Lipinski definition) is 1. The molecule has 0 aliphatic heterocycles. The van der Waals surface area contributed by atoms with E-state index in [-0.39, 0.29) is 6.54 Å². The zero-order valence-electron chi connectivity index (χ0n) is 12.6. The average Bonchev–Trinajstić information content (AvgIpc) is 2.97. The maximum Gasteiger partial charge on any atom is 0.244 e. The van der Waals surface area contributed by atoms with Crippen molar-refractivity contribution in [3.05, 3.63) is 34.0 Å². The van der Waals surface area contributed by atoms with Gasteiger partial charge in [0.25, 0.3) is 0 Å². The van der Waals surface area contributed by atoms with Crippen molar-refractivity contribution in [2.24, 2.45) is 7.05 Å². The van der Waals surface area contributed by atoms with E-state index < -0.39 is 10.0 Å². The third-order valence-electron chi connectivity index (χ3n) is 3.20. The van der Waals surface area contributed by atoms with Crippen molar-refractivity contribution in [3.63, 3.8) is 0 Å². The summed E-state index contributed by atoms with van der Waals surface area (Å²) in [6.07, 6.45) is 1.64. The number of thiazole rings is 1. The van der Waals surface area contributed by atoms with Crippen molar-refractivity contribution in [2.45, 2.75) is 24.9 Å². The first-order valence-corrected chi connectivity index (χ1v) is 8.83. The van der Waals surface area contributed by atoms with E-state index >= 15 is 0 Å². The third-order valence-corrected chi connectivity index (χ3v) is 5.79. The van der Waals surface area contributed by atoms with Gasteiger partial charge in [-0.2, -0.15) is 4.31 Å². The van der Waals surface area contributed by atoms with E-state index in [1.807, 2.05) is 31.0 Å². The molecule has 8 heteroatoms. The van der Waals surface area contributed by atoms with Crippen molar-refractivity contribution in [3.8, 4) is 0 Å². The van der Waals surface area contributed by atoms with E-state index in [0.717, 1.165) is 16.4 Å². The quantitative estimate of drug-likeness (QED) is 0.869. The summed E-state index contributed by atoms with van der Waals surface area (Å²) in [5.41, 5.74) is 1.70. The number of nitrogens with zero attached hydrogens (tertiary/aromatic N) is 3. The summed E-state index contributed by atoms with van der Waals surface area (Å²) in [7, 11) is 1.75. The van der Waals surface area contributed by atoms with Gasteiger partial charge in [0.2, 0.25) is 10.0 Å². The monoisotopic (exact) mass is 328 g/mol. The zero-order chi connectivity index (χ0) is 15.6. The molecule has 0 fully saturated rings. The lowest BCUT2D eigenvalue weighted by Crippen LogP contribution is -2.26. The largest absolute Gasteiger partial charge is 0.352 e. The van der Waals surface area contributed by atoms with E-state index in [2.05, 4.69) is 10.3 Å². The minimum atomic E-state index is -3.50. The second kappa shape index (κ2) is 6.27. The Hall–Kier alpha value is -1.22. The van der Waals surface area contributed by atoms with Gasteiger partial charge in [0.05, 0.1) is 17.2 Å². The lowest BCUT2D eigenvalue weighted by Gasteiger charge is -2.14. The van der Waals surface area contributed by atoms with Gasteiger partial charge in [-0.05, 0) is 20.0 Å². The van der Waals surface area contributed by atoms with E-state index in [4.69, 9.17) is 0 Å². The van der Waals surface area contributed by atoms with Gasteiger partial charge in [0.15, 0.2) is 0 Å². The minimum Gasteiger partial charge on any atom is -0.352 e. The van der Waals surface area contributed by atoms with Crippen LogP contribution >= 0.6 is 11.3 Å². The molecule has 0 atom stereocenters. The number of aryl methyl sites for hydroxylation is 2. The number of rotatable bonds is 6. The average molecular weight is 328 g/mol. The smallest absolute Gasteiger partial charge is 0.244 e. The van der Waals surface area contributed by atoms with Gasteiger partial charge in [0.1, 0.15) is 4.90 Å². The van der Waals surface area contributed by atoms with Crippen LogP contribution in [0.5, 0.6) is 0 Å². The summed E-state index contributed by atoms with van der Waals surface area (Å²) in [5.74, 6) is 0. The van der Waals surface area contributed by atoms with Crippen LogP contribution in [0.2, 0.25) is 0 Å². The molecule has 0 aliphatic carbocycles. The third kappa shape index (κ3) is 3.52. The van der Waals surface area contributed by atoms with Crippen molar-refractivity contribution in [2.75, 3.05) is 14.1 Å².